The van der Waals surface area contributed by atoms with E-state index in [1.807, 2.05) is 0 Å². The Morgan fingerprint density at radius 1 is 1.73 bits per heavy atom. The third-order valence-corrected chi connectivity index (χ3v) is 1.40. The molecule has 2 radical (unpaired) electrons. The van der Waals surface area contributed by atoms with Gasteiger partial charge in [0, 0.05) is 0 Å². The summed E-state index contributed by atoms with van der Waals surface area (Å²) in [5.41, 5.74) is 5.10. The van der Waals surface area contributed by atoms with Crippen molar-refractivity contribution in [2.45, 2.75) is 0 Å². The fourth-order valence-corrected chi connectivity index (χ4v) is 0.883. The summed E-state index contributed by atoms with van der Waals surface area (Å²) < 4.78 is 0. The summed E-state index contributed by atoms with van der Waals surface area (Å²) in [6, 6.07) is 0. The van der Waals surface area contributed by atoms with Crippen molar-refractivity contribution in [1.82, 2.24) is 4.81 Å². The SMILES string of the molecule is [B]N1CC(O)=C(C(=N)N)C1=N. The summed E-state index contributed by atoms with van der Waals surface area (Å²) in [4.78, 5) is 1.02. The van der Waals surface area contributed by atoms with Gasteiger partial charge < -0.3 is 15.7 Å². The second-order valence-corrected chi connectivity index (χ2v) is 2.21. The topological polar surface area (TPSA) is 97.2 Å². The van der Waals surface area contributed by atoms with E-state index in [2.05, 4.69) is 0 Å². The first-order valence-corrected chi connectivity index (χ1v) is 2.91. The molecular weight excluding hydrogens is 143 g/mol. The summed E-state index contributed by atoms with van der Waals surface area (Å²) in [7, 11) is 5.25. The molecular formula is C5H7BN4O. The minimum atomic E-state index is -0.333. The molecule has 1 aliphatic heterocycles. The molecule has 0 fully saturated rings. The van der Waals surface area contributed by atoms with Crippen LogP contribution in [0.3, 0.4) is 0 Å². The number of aliphatic hydroxyl groups is 1. The maximum Gasteiger partial charge on any atom is 0.229 e. The van der Waals surface area contributed by atoms with Crippen LogP contribution in [0, 0.1) is 10.8 Å². The molecule has 0 aliphatic carbocycles. The molecule has 0 unspecified atom stereocenters. The van der Waals surface area contributed by atoms with Crippen molar-refractivity contribution in [2.24, 2.45) is 5.73 Å². The van der Waals surface area contributed by atoms with Gasteiger partial charge in [-0.15, -0.1) is 0 Å². The number of rotatable bonds is 1. The van der Waals surface area contributed by atoms with Gasteiger partial charge in [-0.1, -0.05) is 0 Å². The molecule has 0 saturated heterocycles. The number of nitrogens with zero attached hydrogens (tertiary/aromatic N) is 1. The maximum absolute atomic E-state index is 9.10. The Morgan fingerprint density at radius 3 is 2.45 bits per heavy atom. The molecule has 0 bridgehead atoms. The molecule has 0 amide bonds. The third kappa shape index (κ3) is 1.06. The molecule has 11 heavy (non-hydrogen) atoms. The van der Waals surface area contributed by atoms with Crippen LogP contribution in [0.5, 0.6) is 0 Å². The fraction of sp³-hybridized carbons (Fsp3) is 0.200. The predicted octanol–water partition coefficient (Wildman–Crippen LogP) is -0.889. The molecule has 56 valence electrons. The number of nitrogens with one attached hydrogen (secondary N) is 2. The number of amidine groups is 2. The molecule has 0 spiro atoms. The van der Waals surface area contributed by atoms with Gasteiger partial charge in [-0.3, -0.25) is 10.8 Å². The highest BCUT2D eigenvalue weighted by Gasteiger charge is 2.25. The largest absolute Gasteiger partial charge is 0.510 e. The lowest BCUT2D eigenvalue weighted by atomic mass is 10.2. The average molecular weight is 150 g/mol. The zero-order valence-corrected chi connectivity index (χ0v) is 5.76. The van der Waals surface area contributed by atoms with Crippen molar-refractivity contribution in [3.8, 4) is 0 Å². The zero-order valence-electron chi connectivity index (χ0n) is 5.76. The molecule has 0 atom stereocenters. The van der Waals surface area contributed by atoms with E-state index < -0.39 is 0 Å². The molecule has 1 heterocycles. The van der Waals surface area contributed by atoms with E-state index in [1.165, 1.54) is 0 Å². The van der Waals surface area contributed by atoms with Gasteiger partial charge in [-0.2, -0.15) is 0 Å². The van der Waals surface area contributed by atoms with Gasteiger partial charge in [-0.25, -0.2) is 0 Å². The highest BCUT2D eigenvalue weighted by atomic mass is 16.3. The number of hydrogen-bond acceptors (Lipinski definition) is 3. The van der Waals surface area contributed by atoms with Gasteiger partial charge in [0.25, 0.3) is 0 Å². The van der Waals surface area contributed by atoms with E-state index in [0.29, 0.717) is 0 Å². The summed E-state index contributed by atoms with van der Waals surface area (Å²) in [6.07, 6.45) is 0. The summed E-state index contributed by atoms with van der Waals surface area (Å²) in [6.45, 7) is 0.0494. The first kappa shape index (κ1) is 7.65. The number of hydrogen-bond donors (Lipinski definition) is 4. The van der Waals surface area contributed by atoms with Crippen LogP contribution in [-0.2, 0) is 0 Å². The zero-order chi connectivity index (χ0) is 8.59. The van der Waals surface area contributed by atoms with Gasteiger partial charge in [0.05, 0.1) is 12.1 Å². The van der Waals surface area contributed by atoms with Crippen LogP contribution in [0.25, 0.3) is 0 Å². The van der Waals surface area contributed by atoms with Crippen LogP contribution in [0.1, 0.15) is 0 Å². The Hall–Kier alpha value is -1.46. The molecule has 0 aromatic heterocycles. The predicted molar refractivity (Wildman–Crippen MR) is 41.8 cm³/mol. The van der Waals surface area contributed by atoms with Gasteiger partial charge >= 0.3 is 0 Å². The van der Waals surface area contributed by atoms with Crippen molar-refractivity contribution in [3.63, 3.8) is 0 Å². The molecule has 0 saturated carbocycles. The highest BCUT2D eigenvalue weighted by molar-refractivity contribution is 6.29. The lowest BCUT2D eigenvalue weighted by molar-refractivity contribution is 0.388. The smallest absolute Gasteiger partial charge is 0.229 e. The van der Waals surface area contributed by atoms with Gasteiger partial charge in [0.2, 0.25) is 7.98 Å². The summed E-state index contributed by atoms with van der Waals surface area (Å²) in [5, 5.41) is 23.3. The van der Waals surface area contributed by atoms with Crippen molar-refractivity contribution in [2.75, 3.05) is 6.54 Å². The molecule has 0 aromatic carbocycles. The first-order valence-electron chi connectivity index (χ1n) is 2.91. The van der Waals surface area contributed by atoms with Crippen molar-refractivity contribution < 1.29 is 5.11 Å². The Kier molecular flexibility index (Phi) is 1.60. The van der Waals surface area contributed by atoms with Crippen LogP contribution in [0.4, 0.5) is 0 Å². The Labute approximate surface area is 64.9 Å². The lowest BCUT2D eigenvalue weighted by Crippen LogP contribution is -2.27. The van der Waals surface area contributed by atoms with E-state index >= 15 is 0 Å². The van der Waals surface area contributed by atoms with Gasteiger partial charge in [-0.05, 0) is 0 Å². The van der Waals surface area contributed by atoms with Crippen molar-refractivity contribution >= 4 is 19.7 Å². The fourth-order valence-electron chi connectivity index (χ4n) is 0.883. The first-order chi connectivity index (χ1) is 5.04. The standard InChI is InChI=1S/C5H7BN4O/c6-10-1-2(11)3(4(7)8)5(10)9/h9,11H,1H2,(H3,7,8). The number of aliphatic hydroxyl groups excluding tert-OH is 1. The molecule has 1 rings (SSSR count). The van der Waals surface area contributed by atoms with Crippen molar-refractivity contribution in [3.05, 3.63) is 11.3 Å². The van der Waals surface area contributed by atoms with Crippen LogP contribution in [-0.4, -0.2) is 36.1 Å². The Bertz CT molecular complexity index is 259. The molecule has 5 nitrogen and oxygen atoms in total. The summed E-state index contributed by atoms with van der Waals surface area (Å²) in [5.74, 6) is -0.569. The average Bonchev–Trinajstić information content (AvgIpc) is 2.07. The Morgan fingerprint density at radius 2 is 2.27 bits per heavy atom. The van der Waals surface area contributed by atoms with Gasteiger partial charge in [0.1, 0.15) is 17.4 Å². The van der Waals surface area contributed by atoms with Gasteiger partial charge in [0.15, 0.2) is 0 Å². The van der Waals surface area contributed by atoms with Crippen LogP contribution in [0.15, 0.2) is 11.3 Å². The monoisotopic (exact) mass is 150 g/mol. The maximum atomic E-state index is 9.10. The highest BCUT2D eigenvalue weighted by Crippen LogP contribution is 2.14. The van der Waals surface area contributed by atoms with E-state index in [-0.39, 0.29) is 29.5 Å². The van der Waals surface area contributed by atoms with Crippen molar-refractivity contribution in [1.29, 1.82) is 10.8 Å². The molecule has 1 aliphatic rings. The van der Waals surface area contributed by atoms with Crippen LogP contribution < -0.4 is 5.73 Å². The molecule has 0 aromatic rings. The quantitative estimate of drug-likeness (QED) is 0.221. The number of nitrogens with two attached hydrogens (primary N) is 1. The second kappa shape index (κ2) is 2.30. The van der Waals surface area contributed by atoms with Crippen LogP contribution in [0.2, 0.25) is 0 Å². The molecule has 5 N–H and O–H groups in total. The third-order valence-electron chi connectivity index (χ3n) is 1.40. The van der Waals surface area contributed by atoms with E-state index in [9.17, 15) is 0 Å². The second-order valence-electron chi connectivity index (χ2n) is 2.21. The minimum absolute atomic E-state index is 0.0208. The molecule has 6 heteroatoms. The lowest BCUT2D eigenvalue weighted by Gasteiger charge is -2.10. The Balaban J connectivity index is 3.01. The van der Waals surface area contributed by atoms with Crippen LogP contribution >= 0.6 is 0 Å². The summed E-state index contributed by atoms with van der Waals surface area (Å²) >= 11 is 0. The van der Waals surface area contributed by atoms with E-state index in [0.717, 1.165) is 4.81 Å². The minimum Gasteiger partial charge on any atom is -0.510 e. The van der Waals surface area contributed by atoms with E-state index in [4.69, 9.17) is 29.6 Å². The normalized spacial score (nSPS) is 17.8. The van der Waals surface area contributed by atoms with E-state index in [1.54, 1.807) is 0 Å².